The summed E-state index contributed by atoms with van der Waals surface area (Å²) < 4.78 is 15.5. The van der Waals surface area contributed by atoms with Crippen molar-refractivity contribution in [3.05, 3.63) is 52.5 Å². The Labute approximate surface area is 118 Å². The summed E-state index contributed by atoms with van der Waals surface area (Å²) in [5.74, 6) is -0.711. The molecule has 0 fully saturated rings. The number of aryl methyl sites for hydroxylation is 1. The lowest BCUT2D eigenvalue weighted by Crippen LogP contribution is -2.25. The predicted molar refractivity (Wildman–Crippen MR) is 73.3 cm³/mol. The summed E-state index contributed by atoms with van der Waals surface area (Å²) in [4.78, 5) is 11.8. The minimum absolute atomic E-state index is 0.277. The van der Waals surface area contributed by atoms with Crippen molar-refractivity contribution in [1.29, 1.82) is 0 Å². The summed E-state index contributed by atoms with van der Waals surface area (Å²) in [5, 5.41) is 6.81. The molecule has 1 aromatic carbocycles. The van der Waals surface area contributed by atoms with Crippen molar-refractivity contribution < 1.29 is 9.18 Å². The first-order chi connectivity index (χ1) is 9.15. The minimum Gasteiger partial charge on any atom is -0.352 e. The summed E-state index contributed by atoms with van der Waals surface area (Å²) in [6, 6.07) is 5.97. The summed E-state index contributed by atoms with van der Waals surface area (Å²) in [6.45, 7) is 1.26. The standard InChI is InChI=1S/C13H13BrFN3O/c14-11-7-10(8-12(15)9-11)13(19)16-3-1-5-18-6-2-4-17-18/h2,4,6-9H,1,3,5H2,(H,16,19). The number of hydrogen-bond acceptors (Lipinski definition) is 2. The van der Waals surface area contributed by atoms with Crippen molar-refractivity contribution in [1.82, 2.24) is 15.1 Å². The molecule has 1 amide bonds. The van der Waals surface area contributed by atoms with Gasteiger partial charge in [0.2, 0.25) is 0 Å². The van der Waals surface area contributed by atoms with Crippen LogP contribution in [0.1, 0.15) is 16.8 Å². The van der Waals surface area contributed by atoms with E-state index in [0.29, 0.717) is 16.6 Å². The molecule has 0 spiro atoms. The van der Waals surface area contributed by atoms with Gasteiger partial charge in [-0.3, -0.25) is 9.48 Å². The van der Waals surface area contributed by atoms with Crippen LogP contribution in [0.3, 0.4) is 0 Å². The molecule has 0 aliphatic carbocycles. The molecule has 0 saturated carbocycles. The van der Waals surface area contributed by atoms with Crippen LogP contribution in [0.25, 0.3) is 0 Å². The van der Waals surface area contributed by atoms with E-state index in [-0.39, 0.29) is 5.91 Å². The quantitative estimate of drug-likeness (QED) is 0.859. The van der Waals surface area contributed by atoms with Crippen LogP contribution >= 0.6 is 15.9 Å². The Balaban J connectivity index is 1.80. The van der Waals surface area contributed by atoms with Crippen LogP contribution in [0, 0.1) is 5.82 Å². The lowest BCUT2D eigenvalue weighted by molar-refractivity contribution is 0.0952. The Morgan fingerprint density at radius 1 is 1.42 bits per heavy atom. The smallest absolute Gasteiger partial charge is 0.251 e. The number of carbonyl (C=O) groups is 1. The van der Waals surface area contributed by atoms with Gasteiger partial charge in [0.25, 0.3) is 5.91 Å². The van der Waals surface area contributed by atoms with Gasteiger partial charge in [-0.15, -0.1) is 0 Å². The summed E-state index contributed by atoms with van der Waals surface area (Å²) in [5.41, 5.74) is 0.311. The Morgan fingerprint density at radius 3 is 2.95 bits per heavy atom. The van der Waals surface area contributed by atoms with E-state index in [9.17, 15) is 9.18 Å². The number of nitrogens with zero attached hydrogens (tertiary/aromatic N) is 2. The first-order valence-corrected chi connectivity index (χ1v) is 6.66. The maximum absolute atomic E-state index is 13.1. The van der Waals surface area contributed by atoms with Gasteiger partial charge in [0.15, 0.2) is 0 Å². The molecule has 1 heterocycles. The van der Waals surface area contributed by atoms with Crippen LogP contribution in [0.5, 0.6) is 0 Å². The van der Waals surface area contributed by atoms with Crippen molar-refractivity contribution in [3.8, 4) is 0 Å². The van der Waals surface area contributed by atoms with Gasteiger partial charge >= 0.3 is 0 Å². The van der Waals surface area contributed by atoms with Gasteiger partial charge in [-0.25, -0.2) is 4.39 Å². The number of hydrogen-bond donors (Lipinski definition) is 1. The van der Waals surface area contributed by atoms with Crippen molar-refractivity contribution in [3.63, 3.8) is 0 Å². The molecule has 1 N–H and O–H groups in total. The highest BCUT2D eigenvalue weighted by molar-refractivity contribution is 9.10. The molecule has 19 heavy (non-hydrogen) atoms. The Morgan fingerprint density at radius 2 is 2.26 bits per heavy atom. The highest BCUT2D eigenvalue weighted by Gasteiger charge is 2.07. The van der Waals surface area contributed by atoms with Crippen molar-refractivity contribution in [2.75, 3.05) is 6.54 Å². The second-order valence-corrected chi connectivity index (χ2v) is 4.95. The summed E-state index contributed by atoms with van der Waals surface area (Å²) >= 11 is 3.16. The monoisotopic (exact) mass is 325 g/mol. The fraction of sp³-hybridized carbons (Fsp3) is 0.231. The second kappa shape index (κ2) is 6.47. The number of halogens is 2. The molecule has 0 aliphatic heterocycles. The predicted octanol–water partition coefficient (Wildman–Crippen LogP) is 2.60. The lowest BCUT2D eigenvalue weighted by atomic mass is 10.2. The topological polar surface area (TPSA) is 46.9 Å². The van der Waals surface area contributed by atoms with Crippen LogP contribution in [0.2, 0.25) is 0 Å². The largest absolute Gasteiger partial charge is 0.352 e. The van der Waals surface area contributed by atoms with Gasteiger partial charge in [-0.1, -0.05) is 15.9 Å². The Hall–Kier alpha value is -1.69. The molecule has 0 aliphatic rings. The number of benzene rings is 1. The fourth-order valence-corrected chi connectivity index (χ4v) is 2.13. The second-order valence-electron chi connectivity index (χ2n) is 4.04. The average molecular weight is 326 g/mol. The number of nitrogens with one attached hydrogen (secondary N) is 1. The Bertz CT molecular complexity index is 537. The maximum Gasteiger partial charge on any atom is 0.251 e. The van der Waals surface area contributed by atoms with E-state index in [1.807, 2.05) is 12.3 Å². The van der Waals surface area contributed by atoms with Crippen LogP contribution in [-0.4, -0.2) is 22.2 Å². The first-order valence-electron chi connectivity index (χ1n) is 5.87. The molecule has 0 saturated heterocycles. The van der Waals surface area contributed by atoms with Crippen LogP contribution in [0.4, 0.5) is 4.39 Å². The number of carbonyl (C=O) groups excluding carboxylic acids is 1. The molecule has 0 bridgehead atoms. The third kappa shape index (κ3) is 4.17. The van der Waals surface area contributed by atoms with E-state index in [1.54, 1.807) is 16.9 Å². The SMILES string of the molecule is O=C(NCCCn1cccn1)c1cc(F)cc(Br)c1. The van der Waals surface area contributed by atoms with Crippen LogP contribution in [-0.2, 0) is 6.54 Å². The molecule has 0 radical (unpaired) electrons. The van der Waals surface area contributed by atoms with Crippen molar-refractivity contribution in [2.24, 2.45) is 0 Å². The van der Waals surface area contributed by atoms with Crippen molar-refractivity contribution in [2.45, 2.75) is 13.0 Å². The van der Waals surface area contributed by atoms with Gasteiger partial charge in [-0.2, -0.15) is 5.10 Å². The first kappa shape index (κ1) is 13.7. The summed E-state index contributed by atoms with van der Waals surface area (Å²) in [6.07, 6.45) is 4.35. The molecule has 1 aromatic heterocycles. The zero-order valence-electron chi connectivity index (χ0n) is 10.1. The maximum atomic E-state index is 13.1. The van der Waals surface area contributed by atoms with E-state index in [0.717, 1.165) is 13.0 Å². The fourth-order valence-electron chi connectivity index (χ4n) is 1.66. The van der Waals surface area contributed by atoms with E-state index in [4.69, 9.17) is 0 Å². The normalized spacial score (nSPS) is 10.4. The lowest BCUT2D eigenvalue weighted by Gasteiger charge is -2.06. The molecule has 2 aromatic rings. The number of rotatable bonds is 5. The molecule has 6 heteroatoms. The van der Waals surface area contributed by atoms with Crippen LogP contribution in [0.15, 0.2) is 41.1 Å². The van der Waals surface area contributed by atoms with E-state index in [1.165, 1.54) is 12.1 Å². The number of aromatic nitrogens is 2. The van der Waals surface area contributed by atoms with E-state index < -0.39 is 5.82 Å². The molecular weight excluding hydrogens is 313 g/mol. The Kier molecular flexibility index (Phi) is 4.68. The average Bonchev–Trinajstić information content (AvgIpc) is 2.86. The molecule has 0 unspecified atom stereocenters. The summed E-state index contributed by atoms with van der Waals surface area (Å²) in [7, 11) is 0. The van der Waals surface area contributed by atoms with Gasteiger partial charge in [0, 0.05) is 35.5 Å². The molecular formula is C13H13BrFN3O. The van der Waals surface area contributed by atoms with Gasteiger partial charge in [0.1, 0.15) is 5.82 Å². The van der Waals surface area contributed by atoms with Gasteiger partial charge in [-0.05, 0) is 30.7 Å². The van der Waals surface area contributed by atoms with Gasteiger partial charge < -0.3 is 5.32 Å². The highest BCUT2D eigenvalue weighted by atomic mass is 79.9. The molecule has 2 rings (SSSR count). The van der Waals surface area contributed by atoms with E-state index in [2.05, 4.69) is 26.3 Å². The third-order valence-corrected chi connectivity index (χ3v) is 2.99. The molecule has 4 nitrogen and oxygen atoms in total. The molecule has 0 atom stereocenters. The molecule has 100 valence electrons. The van der Waals surface area contributed by atoms with Gasteiger partial charge in [0.05, 0.1) is 0 Å². The third-order valence-electron chi connectivity index (χ3n) is 2.53. The highest BCUT2D eigenvalue weighted by Crippen LogP contribution is 2.14. The van der Waals surface area contributed by atoms with Crippen molar-refractivity contribution >= 4 is 21.8 Å². The minimum atomic E-state index is -0.434. The zero-order chi connectivity index (χ0) is 13.7. The zero-order valence-corrected chi connectivity index (χ0v) is 11.7. The van der Waals surface area contributed by atoms with E-state index >= 15 is 0 Å². The van der Waals surface area contributed by atoms with Crippen LogP contribution < -0.4 is 5.32 Å². The number of amides is 1.